The minimum atomic E-state index is 0. The van der Waals surface area contributed by atoms with Crippen molar-refractivity contribution in [3.8, 4) is 0 Å². The highest BCUT2D eigenvalue weighted by Gasteiger charge is 2.53. The average molecular weight is 448 g/mol. The van der Waals surface area contributed by atoms with Crippen molar-refractivity contribution < 1.29 is 4.74 Å². The van der Waals surface area contributed by atoms with Gasteiger partial charge in [0.05, 0.1) is 12.2 Å². The summed E-state index contributed by atoms with van der Waals surface area (Å²) in [4.78, 5) is 10.1. The maximum atomic E-state index is 6.10. The normalized spacial score (nSPS) is 38.5. The summed E-state index contributed by atoms with van der Waals surface area (Å²) in [6.45, 7) is 12.3. The predicted molar refractivity (Wildman–Crippen MR) is 108 cm³/mol. The molecular formula is C18H33IN4O. The maximum Gasteiger partial charge on any atom is 0.193 e. The van der Waals surface area contributed by atoms with Gasteiger partial charge in [-0.15, -0.1) is 24.0 Å². The third-order valence-corrected chi connectivity index (χ3v) is 6.40. The summed E-state index contributed by atoms with van der Waals surface area (Å²) >= 11 is 0. The third-order valence-electron chi connectivity index (χ3n) is 6.40. The summed E-state index contributed by atoms with van der Waals surface area (Å²) in [5, 5.41) is 3.53. The van der Waals surface area contributed by atoms with Gasteiger partial charge in [-0.1, -0.05) is 6.92 Å². The number of guanidine groups is 1. The molecule has 0 spiro atoms. The Hall–Kier alpha value is -0.0800. The number of likely N-dealkylation sites (tertiary alicyclic amines) is 2. The molecule has 5 nitrogen and oxygen atoms in total. The fourth-order valence-electron chi connectivity index (χ4n) is 5.12. The zero-order valence-electron chi connectivity index (χ0n) is 15.1. The first kappa shape index (κ1) is 18.7. The van der Waals surface area contributed by atoms with Crippen molar-refractivity contribution in [1.29, 1.82) is 0 Å². The SMILES string of the molecule is CCNC(=NCC1CCN(CC)C1)N1CC2C3CCC(O3)C2C1.I. The van der Waals surface area contributed by atoms with E-state index in [1.54, 1.807) is 0 Å². The highest BCUT2D eigenvalue weighted by Crippen LogP contribution is 2.47. The number of hydrogen-bond donors (Lipinski definition) is 1. The van der Waals surface area contributed by atoms with E-state index in [0.29, 0.717) is 12.2 Å². The van der Waals surface area contributed by atoms with Crippen LogP contribution < -0.4 is 5.32 Å². The average Bonchev–Trinajstić information content (AvgIpc) is 3.32. The molecular weight excluding hydrogens is 415 g/mol. The lowest BCUT2D eigenvalue weighted by Gasteiger charge is -2.24. The molecule has 5 atom stereocenters. The fraction of sp³-hybridized carbons (Fsp3) is 0.944. The Morgan fingerprint density at radius 1 is 1.08 bits per heavy atom. The van der Waals surface area contributed by atoms with Crippen LogP contribution in [0.4, 0.5) is 0 Å². The molecule has 0 aliphatic carbocycles. The van der Waals surface area contributed by atoms with E-state index in [4.69, 9.17) is 9.73 Å². The number of hydrogen-bond acceptors (Lipinski definition) is 3. The molecule has 0 radical (unpaired) electrons. The van der Waals surface area contributed by atoms with Gasteiger partial charge in [-0.2, -0.15) is 0 Å². The summed E-state index contributed by atoms with van der Waals surface area (Å²) in [6.07, 6.45) is 4.93. The number of rotatable bonds is 4. The van der Waals surface area contributed by atoms with Crippen LogP contribution in [0.2, 0.25) is 0 Å². The van der Waals surface area contributed by atoms with Crippen LogP contribution in [0, 0.1) is 17.8 Å². The lowest BCUT2D eigenvalue weighted by Crippen LogP contribution is -2.41. The Bertz CT molecular complexity index is 442. The van der Waals surface area contributed by atoms with E-state index < -0.39 is 0 Å². The molecule has 4 rings (SSSR count). The zero-order valence-corrected chi connectivity index (χ0v) is 17.4. The first-order valence-electron chi connectivity index (χ1n) is 9.69. The quantitative estimate of drug-likeness (QED) is 0.406. The van der Waals surface area contributed by atoms with Crippen LogP contribution >= 0.6 is 24.0 Å². The number of ether oxygens (including phenoxy) is 1. The summed E-state index contributed by atoms with van der Waals surface area (Å²) in [6, 6.07) is 0. The molecule has 0 aromatic carbocycles. The van der Waals surface area contributed by atoms with Crippen LogP contribution in [0.25, 0.3) is 0 Å². The molecule has 4 aliphatic heterocycles. The van der Waals surface area contributed by atoms with E-state index in [9.17, 15) is 0 Å². The molecule has 0 aromatic rings. The van der Waals surface area contributed by atoms with Crippen LogP contribution in [-0.4, -0.2) is 73.8 Å². The van der Waals surface area contributed by atoms with Crippen molar-refractivity contribution in [3.05, 3.63) is 0 Å². The summed E-state index contributed by atoms with van der Waals surface area (Å²) in [5.41, 5.74) is 0. The van der Waals surface area contributed by atoms with Crippen molar-refractivity contribution in [2.45, 2.75) is 45.3 Å². The first-order chi connectivity index (χ1) is 11.3. The molecule has 4 heterocycles. The molecule has 4 aliphatic rings. The largest absolute Gasteiger partial charge is 0.374 e. The van der Waals surface area contributed by atoms with Crippen molar-refractivity contribution in [1.82, 2.24) is 15.1 Å². The molecule has 0 saturated carbocycles. The fourth-order valence-corrected chi connectivity index (χ4v) is 5.12. The minimum absolute atomic E-state index is 0. The number of nitrogens with one attached hydrogen (secondary N) is 1. The van der Waals surface area contributed by atoms with E-state index in [0.717, 1.165) is 49.9 Å². The molecule has 0 aromatic heterocycles. The standard InChI is InChI=1S/C18H32N4O.HI/c1-3-19-18(20-9-13-7-8-21(4-2)10-13)22-11-14-15(12-22)17-6-5-16(14)23-17;/h13-17H,3-12H2,1-2H3,(H,19,20);1H. The monoisotopic (exact) mass is 448 g/mol. The van der Waals surface area contributed by atoms with Crippen LogP contribution in [0.15, 0.2) is 4.99 Å². The minimum Gasteiger partial charge on any atom is -0.374 e. The molecule has 24 heavy (non-hydrogen) atoms. The van der Waals surface area contributed by atoms with E-state index in [1.807, 2.05) is 0 Å². The van der Waals surface area contributed by atoms with Gasteiger partial charge in [0.25, 0.3) is 0 Å². The van der Waals surface area contributed by atoms with Crippen LogP contribution in [0.3, 0.4) is 0 Å². The number of halogens is 1. The smallest absolute Gasteiger partial charge is 0.193 e. The van der Waals surface area contributed by atoms with E-state index >= 15 is 0 Å². The van der Waals surface area contributed by atoms with Crippen molar-refractivity contribution >= 4 is 29.9 Å². The Labute approximate surface area is 163 Å². The maximum absolute atomic E-state index is 6.10. The molecule has 6 heteroatoms. The Morgan fingerprint density at radius 3 is 2.38 bits per heavy atom. The summed E-state index contributed by atoms with van der Waals surface area (Å²) in [7, 11) is 0. The van der Waals surface area contributed by atoms with E-state index in [-0.39, 0.29) is 24.0 Å². The molecule has 2 bridgehead atoms. The molecule has 0 amide bonds. The van der Waals surface area contributed by atoms with Gasteiger partial charge >= 0.3 is 0 Å². The second kappa shape index (κ2) is 8.08. The van der Waals surface area contributed by atoms with Gasteiger partial charge in [-0.3, -0.25) is 4.99 Å². The zero-order chi connectivity index (χ0) is 15.8. The molecule has 1 N–H and O–H groups in total. The number of nitrogens with zero attached hydrogens (tertiary/aromatic N) is 3. The Balaban J connectivity index is 0.00000169. The molecule has 4 fully saturated rings. The molecule has 5 unspecified atom stereocenters. The third kappa shape index (κ3) is 3.56. The van der Waals surface area contributed by atoms with E-state index in [1.165, 1.54) is 38.9 Å². The van der Waals surface area contributed by atoms with Crippen LogP contribution in [-0.2, 0) is 4.74 Å². The van der Waals surface area contributed by atoms with Gasteiger partial charge < -0.3 is 19.9 Å². The highest BCUT2D eigenvalue weighted by atomic mass is 127. The molecule has 4 saturated heterocycles. The summed E-state index contributed by atoms with van der Waals surface area (Å²) < 4.78 is 6.10. The summed E-state index contributed by atoms with van der Waals surface area (Å²) in [5.74, 6) is 3.39. The number of fused-ring (bicyclic) bond motifs is 5. The van der Waals surface area contributed by atoms with Gasteiger partial charge in [-0.25, -0.2) is 0 Å². The van der Waals surface area contributed by atoms with Gasteiger partial charge in [0.1, 0.15) is 0 Å². The first-order valence-corrected chi connectivity index (χ1v) is 9.69. The van der Waals surface area contributed by atoms with E-state index in [2.05, 4.69) is 29.0 Å². The molecule has 138 valence electrons. The lowest BCUT2D eigenvalue weighted by molar-refractivity contribution is 0.0767. The Morgan fingerprint density at radius 2 is 1.79 bits per heavy atom. The topological polar surface area (TPSA) is 40.1 Å². The van der Waals surface area contributed by atoms with Crippen LogP contribution in [0.1, 0.15) is 33.1 Å². The van der Waals surface area contributed by atoms with Crippen molar-refractivity contribution in [3.63, 3.8) is 0 Å². The second-order valence-corrected chi connectivity index (χ2v) is 7.77. The van der Waals surface area contributed by atoms with Gasteiger partial charge in [0.15, 0.2) is 5.96 Å². The Kier molecular flexibility index (Phi) is 6.30. The number of aliphatic imine (C=N–C) groups is 1. The van der Waals surface area contributed by atoms with Gasteiger partial charge in [0.2, 0.25) is 0 Å². The predicted octanol–water partition coefficient (Wildman–Crippen LogP) is 2.02. The highest BCUT2D eigenvalue weighted by molar-refractivity contribution is 14.0. The van der Waals surface area contributed by atoms with Gasteiger partial charge in [-0.05, 0) is 45.2 Å². The lowest BCUT2D eigenvalue weighted by atomic mass is 9.82. The van der Waals surface area contributed by atoms with Crippen molar-refractivity contribution in [2.75, 3.05) is 45.8 Å². The van der Waals surface area contributed by atoms with Crippen molar-refractivity contribution in [2.24, 2.45) is 22.7 Å². The second-order valence-electron chi connectivity index (χ2n) is 7.77. The van der Waals surface area contributed by atoms with Gasteiger partial charge in [0, 0.05) is 44.6 Å². The van der Waals surface area contributed by atoms with Crippen LogP contribution in [0.5, 0.6) is 0 Å².